The zero-order valence-electron chi connectivity index (χ0n) is 12.4. The molecule has 0 aliphatic heterocycles. The second kappa shape index (κ2) is 7.57. The molecule has 104 valence electrons. The van der Waals surface area contributed by atoms with E-state index in [4.69, 9.17) is 5.73 Å². The first kappa shape index (κ1) is 15.2. The SMILES string of the molecule is CCCCC(CC)Cn1cc([C@H](C)N)nc1CC. The van der Waals surface area contributed by atoms with Crippen molar-refractivity contribution < 1.29 is 0 Å². The molecule has 3 heteroatoms. The van der Waals surface area contributed by atoms with Gasteiger partial charge in [-0.3, -0.25) is 0 Å². The van der Waals surface area contributed by atoms with E-state index in [-0.39, 0.29) is 6.04 Å². The summed E-state index contributed by atoms with van der Waals surface area (Å²) in [4.78, 5) is 4.63. The van der Waals surface area contributed by atoms with E-state index in [1.165, 1.54) is 31.5 Å². The van der Waals surface area contributed by atoms with Gasteiger partial charge in [-0.15, -0.1) is 0 Å². The molecule has 1 rings (SSSR count). The van der Waals surface area contributed by atoms with Crippen molar-refractivity contribution in [3.05, 3.63) is 17.7 Å². The van der Waals surface area contributed by atoms with Crippen LogP contribution in [0, 0.1) is 5.92 Å². The van der Waals surface area contributed by atoms with Gasteiger partial charge in [0.1, 0.15) is 5.82 Å². The molecule has 1 heterocycles. The minimum atomic E-state index is 0.0345. The van der Waals surface area contributed by atoms with Crippen molar-refractivity contribution in [1.82, 2.24) is 9.55 Å². The van der Waals surface area contributed by atoms with Crippen LogP contribution in [0.15, 0.2) is 6.20 Å². The largest absolute Gasteiger partial charge is 0.334 e. The predicted molar refractivity (Wildman–Crippen MR) is 77.5 cm³/mol. The van der Waals surface area contributed by atoms with Crippen LogP contribution in [0.1, 0.15) is 70.9 Å². The number of hydrogen-bond acceptors (Lipinski definition) is 2. The average Bonchev–Trinajstić information content (AvgIpc) is 2.77. The van der Waals surface area contributed by atoms with Gasteiger partial charge in [0, 0.05) is 25.2 Å². The monoisotopic (exact) mass is 251 g/mol. The maximum absolute atomic E-state index is 5.92. The third-order valence-electron chi connectivity index (χ3n) is 3.66. The molecule has 0 saturated carbocycles. The van der Waals surface area contributed by atoms with Crippen LogP contribution in [0.3, 0.4) is 0 Å². The van der Waals surface area contributed by atoms with E-state index in [0.29, 0.717) is 0 Å². The molecule has 0 aliphatic rings. The molecule has 3 nitrogen and oxygen atoms in total. The fourth-order valence-electron chi connectivity index (χ4n) is 2.33. The van der Waals surface area contributed by atoms with Crippen LogP contribution >= 0.6 is 0 Å². The topological polar surface area (TPSA) is 43.8 Å². The molecule has 0 radical (unpaired) electrons. The average molecular weight is 251 g/mol. The molecular weight excluding hydrogens is 222 g/mol. The maximum atomic E-state index is 5.92. The standard InChI is InChI=1S/C15H29N3/c1-5-8-9-13(6-2)10-18-11-14(12(4)16)17-15(18)7-3/h11-13H,5-10,16H2,1-4H3/t12-,13?/m0/s1. The normalized spacial score (nSPS) is 14.7. The minimum absolute atomic E-state index is 0.0345. The molecule has 0 aromatic carbocycles. The summed E-state index contributed by atoms with van der Waals surface area (Å²) < 4.78 is 2.32. The van der Waals surface area contributed by atoms with Crippen molar-refractivity contribution in [2.75, 3.05) is 0 Å². The first-order valence-electron chi connectivity index (χ1n) is 7.43. The molecule has 0 aliphatic carbocycles. The molecule has 2 atom stereocenters. The highest BCUT2D eigenvalue weighted by atomic mass is 15.1. The van der Waals surface area contributed by atoms with Crippen LogP contribution in [0.4, 0.5) is 0 Å². The summed E-state index contributed by atoms with van der Waals surface area (Å²) in [6.45, 7) is 9.81. The van der Waals surface area contributed by atoms with Crippen LogP contribution < -0.4 is 5.73 Å². The zero-order valence-corrected chi connectivity index (χ0v) is 12.4. The predicted octanol–water partition coefficient (Wildman–Crippen LogP) is 3.68. The first-order valence-corrected chi connectivity index (χ1v) is 7.43. The van der Waals surface area contributed by atoms with Crippen LogP contribution in [0.5, 0.6) is 0 Å². The number of imidazole rings is 1. The third-order valence-corrected chi connectivity index (χ3v) is 3.66. The highest BCUT2D eigenvalue weighted by Crippen LogP contribution is 2.18. The van der Waals surface area contributed by atoms with E-state index < -0.39 is 0 Å². The maximum Gasteiger partial charge on any atom is 0.108 e. The lowest BCUT2D eigenvalue weighted by atomic mass is 9.99. The lowest BCUT2D eigenvalue weighted by Gasteiger charge is -2.16. The zero-order chi connectivity index (χ0) is 13.5. The molecule has 0 bridgehead atoms. The van der Waals surface area contributed by atoms with Crippen molar-refractivity contribution in [2.24, 2.45) is 11.7 Å². The van der Waals surface area contributed by atoms with Crippen molar-refractivity contribution in [2.45, 2.75) is 72.4 Å². The Morgan fingerprint density at radius 3 is 2.56 bits per heavy atom. The molecule has 1 unspecified atom stereocenters. The number of unbranched alkanes of at least 4 members (excludes halogenated alkanes) is 1. The molecule has 1 aromatic heterocycles. The fraction of sp³-hybridized carbons (Fsp3) is 0.800. The van der Waals surface area contributed by atoms with Gasteiger partial charge in [-0.1, -0.05) is 40.0 Å². The van der Waals surface area contributed by atoms with E-state index in [9.17, 15) is 0 Å². The number of nitrogens with zero attached hydrogens (tertiary/aromatic N) is 2. The summed E-state index contributed by atoms with van der Waals surface area (Å²) in [6.07, 6.45) is 8.31. The quantitative estimate of drug-likeness (QED) is 0.766. The Balaban J connectivity index is 2.74. The minimum Gasteiger partial charge on any atom is -0.334 e. The van der Waals surface area contributed by atoms with E-state index >= 15 is 0 Å². The van der Waals surface area contributed by atoms with Gasteiger partial charge in [-0.25, -0.2) is 4.98 Å². The second-order valence-electron chi connectivity index (χ2n) is 5.29. The van der Waals surface area contributed by atoms with Gasteiger partial charge in [-0.2, -0.15) is 0 Å². The summed E-state index contributed by atoms with van der Waals surface area (Å²) in [5.41, 5.74) is 6.94. The van der Waals surface area contributed by atoms with Crippen molar-refractivity contribution >= 4 is 0 Å². The molecule has 0 saturated heterocycles. The van der Waals surface area contributed by atoms with Crippen LogP contribution in [-0.4, -0.2) is 9.55 Å². The summed E-state index contributed by atoms with van der Waals surface area (Å²) in [5, 5.41) is 0. The molecule has 0 spiro atoms. The number of rotatable bonds is 8. The van der Waals surface area contributed by atoms with Gasteiger partial charge in [0.15, 0.2) is 0 Å². The summed E-state index contributed by atoms with van der Waals surface area (Å²) in [6, 6.07) is 0.0345. The van der Waals surface area contributed by atoms with Gasteiger partial charge in [0.2, 0.25) is 0 Å². The van der Waals surface area contributed by atoms with Crippen LogP contribution in [0.25, 0.3) is 0 Å². The van der Waals surface area contributed by atoms with E-state index in [1.807, 2.05) is 6.92 Å². The highest BCUT2D eigenvalue weighted by Gasteiger charge is 2.13. The lowest BCUT2D eigenvalue weighted by Crippen LogP contribution is -2.12. The lowest BCUT2D eigenvalue weighted by molar-refractivity contribution is 0.385. The van der Waals surface area contributed by atoms with Crippen LogP contribution in [-0.2, 0) is 13.0 Å². The van der Waals surface area contributed by atoms with E-state index in [0.717, 1.165) is 24.6 Å². The van der Waals surface area contributed by atoms with Gasteiger partial charge in [-0.05, 0) is 19.3 Å². The molecule has 2 N–H and O–H groups in total. The Labute approximate surface area is 112 Å². The van der Waals surface area contributed by atoms with E-state index in [1.54, 1.807) is 0 Å². The van der Waals surface area contributed by atoms with Crippen LogP contribution in [0.2, 0.25) is 0 Å². The molecule has 0 fully saturated rings. The Hall–Kier alpha value is -0.830. The van der Waals surface area contributed by atoms with Gasteiger partial charge in [0.25, 0.3) is 0 Å². The summed E-state index contributed by atoms with van der Waals surface area (Å²) in [7, 11) is 0. The summed E-state index contributed by atoms with van der Waals surface area (Å²) >= 11 is 0. The third kappa shape index (κ3) is 4.13. The van der Waals surface area contributed by atoms with Gasteiger partial charge in [0.05, 0.1) is 5.69 Å². The second-order valence-corrected chi connectivity index (χ2v) is 5.29. The number of hydrogen-bond donors (Lipinski definition) is 1. The van der Waals surface area contributed by atoms with Crippen molar-refractivity contribution in [1.29, 1.82) is 0 Å². The highest BCUT2D eigenvalue weighted by molar-refractivity contribution is 5.08. The number of nitrogens with two attached hydrogens (primary N) is 1. The van der Waals surface area contributed by atoms with E-state index in [2.05, 4.69) is 36.5 Å². The Kier molecular flexibility index (Phi) is 6.41. The van der Waals surface area contributed by atoms with Crippen molar-refractivity contribution in [3.63, 3.8) is 0 Å². The fourth-order valence-corrected chi connectivity index (χ4v) is 2.33. The molecular formula is C15H29N3. The molecule has 0 amide bonds. The Morgan fingerprint density at radius 2 is 2.06 bits per heavy atom. The first-order chi connectivity index (χ1) is 8.62. The number of aromatic nitrogens is 2. The molecule has 1 aromatic rings. The smallest absolute Gasteiger partial charge is 0.108 e. The van der Waals surface area contributed by atoms with Gasteiger partial charge < -0.3 is 10.3 Å². The van der Waals surface area contributed by atoms with Gasteiger partial charge >= 0.3 is 0 Å². The Bertz CT molecular complexity index is 342. The molecule has 18 heavy (non-hydrogen) atoms. The summed E-state index contributed by atoms with van der Waals surface area (Å²) in [5.74, 6) is 1.95. The Morgan fingerprint density at radius 1 is 1.33 bits per heavy atom. The number of aryl methyl sites for hydroxylation is 1. The van der Waals surface area contributed by atoms with Crippen molar-refractivity contribution in [3.8, 4) is 0 Å².